The summed E-state index contributed by atoms with van der Waals surface area (Å²) in [7, 11) is 0. The van der Waals surface area contributed by atoms with Gasteiger partial charge >= 0.3 is 5.97 Å². The number of hydrogen-bond acceptors (Lipinski definition) is 4. The lowest BCUT2D eigenvalue weighted by Crippen LogP contribution is -2.40. The van der Waals surface area contributed by atoms with E-state index in [2.05, 4.69) is 10.3 Å². The van der Waals surface area contributed by atoms with Gasteiger partial charge in [0.25, 0.3) is 5.91 Å². The van der Waals surface area contributed by atoms with Gasteiger partial charge in [0.1, 0.15) is 6.04 Å². The number of ether oxygens (including phenoxy) is 1. The Morgan fingerprint density at radius 1 is 1.07 bits per heavy atom. The molecule has 28 heavy (non-hydrogen) atoms. The van der Waals surface area contributed by atoms with Crippen molar-refractivity contribution in [2.45, 2.75) is 26.8 Å². The molecule has 0 saturated heterocycles. The quantitative estimate of drug-likeness (QED) is 0.509. The van der Waals surface area contributed by atoms with Gasteiger partial charge in [0.2, 0.25) is 5.78 Å². The molecule has 0 fully saturated rings. The summed E-state index contributed by atoms with van der Waals surface area (Å²) in [6.45, 7) is 4.83. The molecule has 1 amide bonds. The molecule has 0 aliphatic heterocycles. The molecule has 144 valence electrons. The van der Waals surface area contributed by atoms with Gasteiger partial charge in [-0.15, -0.1) is 0 Å². The Hall–Kier alpha value is -3.41. The molecule has 0 unspecified atom stereocenters. The van der Waals surface area contributed by atoms with Crippen LogP contribution in [0.15, 0.2) is 48.5 Å². The van der Waals surface area contributed by atoms with Crippen LogP contribution in [0.25, 0.3) is 10.9 Å². The van der Waals surface area contributed by atoms with Crippen molar-refractivity contribution >= 4 is 28.6 Å². The standard InChI is InChI=1S/C22H22N2O4/c1-13-7-6-8-16(11-13)21(26)24-15(3)22(27)28-12-19(25)20-14(2)23-18-10-5-4-9-17(18)20/h4-11,15,23H,12H2,1-3H3,(H,24,26)/t15-/m0/s1. The smallest absolute Gasteiger partial charge is 0.328 e. The van der Waals surface area contributed by atoms with Crippen LogP contribution in [0.4, 0.5) is 0 Å². The van der Waals surface area contributed by atoms with Crippen molar-refractivity contribution in [3.63, 3.8) is 0 Å². The summed E-state index contributed by atoms with van der Waals surface area (Å²) >= 11 is 0. The van der Waals surface area contributed by atoms with Crippen LogP contribution in [-0.4, -0.2) is 35.3 Å². The number of aryl methyl sites for hydroxylation is 2. The highest BCUT2D eigenvalue weighted by atomic mass is 16.5. The number of fused-ring (bicyclic) bond motifs is 1. The molecule has 1 heterocycles. The van der Waals surface area contributed by atoms with Crippen molar-refractivity contribution in [1.29, 1.82) is 0 Å². The fraction of sp³-hybridized carbons (Fsp3) is 0.227. The molecule has 0 radical (unpaired) electrons. The molecule has 0 spiro atoms. The first-order chi connectivity index (χ1) is 13.4. The van der Waals surface area contributed by atoms with E-state index in [1.807, 2.05) is 37.3 Å². The van der Waals surface area contributed by atoms with Crippen LogP contribution in [0, 0.1) is 13.8 Å². The number of aromatic amines is 1. The Bertz CT molecular complexity index is 1050. The number of H-pyrrole nitrogens is 1. The van der Waals surface area contributed by atoms with Crippen LogP contribution in [0.1, 0.15) is 38.9 Å². The van der Waals surface area contributed by atoms with E-state index in [-0.39, 0.29) is 18.3 Å². The van der Waals surface area contributed by atoms with Crippen molar-refractivity contribution in [2.75, 3.05) is 6.61 Å². The number of aromatic nitrogens is 1. The number of carbonyl (C=O) groups excluding carboxylic acids is 3. The van der Waals surface area contributed by atoms with E-state index >= 15 is 0 Å². The lowest BCUT2D eigenvalue weighted by Gasteiger charge is -2.13. The zero-order chi connectivity index (χ0) is 20.3. The third-order valence-electron chi connectivity index (χ3n) is 4.50. The molecule has 0 aliphatic carbocycles. The van der Waals surface area contributed by atoms with Gasteiger partial charge in [-0.3, -0.25) is 9.59 Å². The Morgan fingerprint density at radius 3 is 2.57 bits per heavy atom. The predicted molar refractivity (Wildman–Crippen MR) is 106 cm³/mol. The summed E-state index contributed by atoms with van der Waals surface area (Å²) in [6, 6.07) is 13.6. The second-order valence-corrected chi connectivity index (χ2v) is 6.77. The second kappa shape index (κ2) is 8.08. The number of esters is 1. The summed E-state index contributed by atoms with van der Waals surface area (Å²) < 4.78 is 5.14. The van der Waals surface area contributed by atoms with E-state index in [0.717, 1.165) is 22.2 Å². The van der Waals surface area contributed by atoms with Crippen LogP contribution in [-0.2, 0) is 9.53 Å². The van der Waals surface area contributed by atoms with Gasteiger partial charge in [-0.1, -0.05) is 35.9 Å². The highest BCUT2D eigenvalue weighted by Crippen LogP contribution is 2.22. The summed E-state index contributed by atoms with van der Waals surface area (Å²) in [4.78, 5) is 40.2. The third kappa shape index (κ3) is 4.11. The minimum Gasteiger partial charge on any atom is -0.456 e. The Morgan fingerprint density at radius 2 is 1.82 bits per heavy atom. The average Bonchev–Trinajstić information content (AvgIpc) is 3.01. The molecule has 3 rings (SSSR count). The first-order valence-electron chi connectivity index (χ1n) is 9.01. The number of para-hydroxylation sites is 1. The molecular formula is C22H22N2O4. The molecule has 6 nitrogen and oxygen atoms in total. The van der Waals surface area contributed by atoms with Crippen molar-refractivity contribution in [2.24, 2.45) is 0 Å². The summed E-state index contributed by atoms with van der Waals surface area (Å²) in [5.41, 5.74) is 3.50. The summed E-state index contributed by atoms with van der Waals surface area (Å²) in [6.07, 6.45) is 0. The van der Waals surface area contributed by atoms with Crippen molar-refractivity contribution < 1.29 is 19.1 Å². The van der Waals surface area contributed by atoms with E-state index in [1.54, 1.807) is 25.1 Å². The van der Waals surface area contributed by atoms with Gasteiger partial charge in [0.05, 0.1) is 0 Å². The van der Waals surface area contributed by atoms with Crippen molar-refractivity contribution in [1.82, 2.24) is 10.3 Å². The van der Waals surface area contributed by atoms with Crippen molar-refractivity contribution in [3.05, 3.63) is 70.9 Å². The largest absolute Gasteiger partial charge is 0.456 e. The highest BCUT2D eigenvalue weighted by molar-refractivity contribution is 6.10. The van der Waals surface area contributed by atoms with E-state index < -0.39 is 12.0 Å². The van der Waals surface area contributed by atoms with Crippen LogP contribution in [0.2, 0.25) is 0 Å². The van der Waals surface area contributed by atoms with Gasteiger partial charge in [-0.05, 0) is 39.0 Å². The fourth-order valence-electron chi connectivity index (χ4n) is 3.10. The molecule has 2 N–H and O–H groups in total. The number of Topliss-reactive ketones (excluding diaryl/α,β-unsaturated/α-hetero) is 1. The number of amides is 1. The van der Waals surface area contributed by atoms with E-state index in [4.69, 9.17) is 4.74 Å². The monoisotopic (exact) mass is 378 g/mol. The molecule has 1 atom stereocenters. The molecule has 0 bridgehead atoms. The van der Waals surface area contributed by atoms with Crippen LogP contribution >= 0.6 is 0 Å². The summed E-state index contributed by atoms with van der Waals surface area (Å²) in [5.74, 6) is -1.32. The lowest BCUT2D eigenvalue weighted by atomic mass is 10.1. The first kappa shape index (κ1) is 19.4. The van der Waals surface area contributed by atoms with Gasteiger partial charge in [-0.25, -0.2) is 4.79 Å². The van der Waals surface area contributed by atoms with Gasteiger partial charge in [-0.2, -0.15) is 0 Å². The van der Waals surface area contributed by atoms with Crippen LogP contribution < -0.4 is 5.32 Å². The number of benzene rings is 2. The predicted octanol–water partition coefficient (Wildman–Crippen LogP) is 3.33. The topological polar surface area (TPSA) is 88.3 Å². The highest BCUT2D eigenvalue weighted by Gasteiger charge is 2.21. The maximum Gasteiger partial charge on any atom is 0.328 e. The number of ketones is 1. The zero-order valence-electron chi connectivity index (χ0n) is 16.0. The number of carbonyl (C=O) groups is 3. The fourth-order valence-corrected chi connectivity index (χ4v) is 3.10. The lowest BCUT2D eigenvalue weighted by molar-refractivity contribution is -0.144. The Labute approximate surface area is 162 Å². The SMILES string of the molecule is Cc1cccc(C(=O)N[C@@H](C)C(=O)OCC(=O)c2c(C)[nH]c3ccccc23)c1. The number of hydrogen-bond donors (Lipinski definition) is 2. The number of rotatable bonds is 6. The molecule has 0 saturated carbocycles. The van der Waals surface area contributed by atoms with E-state index in [9.17, 15) is 14.4 Å². The van der Waals surface area contributed by atoms with Crippen molar-refractivity contribution in [3.8, 4) is 0 Å². The van der Waals surface area contributed by atoms with Crippen LogP contribution in [0.3, 0.4) is 0 Å². The van der Waals surface area contributed by atoms with Gasteiger partial charge in [0, 0.05) is 27.7 Å². The Kier molecular flexibility index (Phi) is 5.59. The Balaban J connectivity index is 1.60. The molecule has 6 heteroatoms. The number of nitrogens with one attached hydrogen (secondary N) is 2. The summed E-state index contributed by atoms with van der Waals surface area (Å²) in [5, 5.41) is 3.39. The van der Waals surface area contributed by atoms with Crippen LogP contribution in [0.5, 0.6) is 0 Å². The van der Waals surface area contributed by atoms with Gasteiger partial charge in [0.15, 0.2) is 6.61 Å². The normalized spacial score (nSPS) is 11.8. The molecular weight excluding hydrogens is 356 g/mol. The first-order valence-corrected chi connectivity index (χ1v) is 9.01. The third-order valence-corrected chi connectivity index (χ3v) is 4.50. The zero-order valence-corrected chi connectivity index (χ0v) is 16.0. The van der Waals surface area contributed by atoms with E-state index in [1.165, 1.54) is 6.92 Å². The second-order valence-electron chi connectivity index (χ2n) is 6.77. The maximum atomic E-state index is 12.6. The average molecular weight is 378 g/mol. The molecule has 2 aromatic carbocycles. The molecule has 3 aromatic rings. The molecule has 1 aromatic heterocycles. The maximum absolute atomic E-state index is 12.6. The minimum atomic E-state index is -0.870. The minimum absolute atomic E-state index is 0.291. The van der Waals surface area contributed by atoms with E-state index in [0.29, 0.717) is 11.1 Å². The van der Waals surface area contributed by atoms with Gasteiger partial charge < -0.3 is 15.0 Å². The molecule has 0 aliphatic rings.